The largest absolute Gasteiger partial charge is 0.469 e. The Morgan fingerprint density at radius 1 is 1.47 bits per heavy atom. The number of rotatable bonds is 6. The molecule has 2 rings (SSSR count). The van der Waals surface area contributed by atoms with Gasteiger partial charge in [0.25, 0.3) is 0 Å². The molecule has 1 aliphatic heterocycles. The second kappa shape index (κ2) is 7.56. The van der Waals surface area contributed by atoms with Gasteiger partial charge in [-0.1, -0.05) is 30.3 Å². The van der Waals surface area contributed by atoms with Crippen LogP contribution in [-0.4, -0.2) is 37.3 Å². The van der Waals surface area contributed by atoms with Crippen LogP contribution in [0.2, 0.25) is 0 Å². The molecule has 0 bridgehead atoms. The van der Waals surface area contributed by atoms with Crippen molar-refractivity contribution in [2.75, 3.05) is 25.2 Å². The fourth-order valence-corrected chi connectivity index (χ4v) is 3.45. The smallest absolute Gasteiger partial charge is 0.313 e. The number of benzene rings is 1. The standard InChI is InChI=1S/C15H20O3S/c1-17-15(16)14(12-6-3-2-4-7-12)11-19-10-13-8-5-9-18-13/h2-4,6-7,13-14H,5,8-11H2,1H3. The minimum atomic E-state index is -0.183. The molecular weight excluding hydrogens is 260 g/mol. The zero-order valence-corrected chi connectivity index (χ0v) is 12.0. The van der Waals surface area contributed by atoms with Crippen LogP contribution in [0.25, 0.3) is 0 Å². The quantitative estimate of drug-likeness (QED) is 0.751. The van der Waals surface area contributed by atoms with E-state index in [1.807, 2.05) is 30.3 Å². The van der Waals surface area contributed by atoms with Crippen LogP contribution in [0.5, 0.6) is 0 Å². The van der Waals surface area contributed by atoms with Crippen LogP contribution in [0.15, 0.2) is 30.3 Å². The molecule has 1 saturated heterocycles. The van der Waals surface area contributed by atoms with Crippen LogP contribution < -0.4 is 0 Å². The van der Waals surface area contributed by atoms with Gasteiger partial charge in [-0.05, 0) is 18.4 Å². The molecule has 4 heteroatoms. The molecule has 0 radical (unpaired) electrons. The third-order valence-electron chi connectivity index (χ3n) is 3.30. The molecule has 104 valence electrons. The summed E-state index contributed by atoms with van der Waals surface area (Å²) < 4.78 is 10.5. The lowest BCUT2D eigenvalue weighted by atomic mass is 10.0. The van der Waals surface area contributed by atoms with Gasteiger partial charge in [-0.25, -0.2) is 0 Å². The van der Waals surface area contributed by atoms with E-state index in [1.165, 1.54) is 7.11 Å². The van der Waals surface area contributed by atoms with Gasteiger partial charge in [0.1, 0.15) is 0 Å². The van der Waals surface area contributed by atoms with Crippen molar-refractivity contribution in [3.05, 3.63) is 35.9 Å². The summed E-state index contributed by atoms with van der Waals surface area (Å²) in [4.78, 5) is 11.9. The molecule has 3 nitrogen and oxygen atoms in total. The van der Waals surface area contributed by atoms with E-state index in [-0.39, 0.29) is 11.9 Å². The lowest BCUT2D eigenvalue weighted by molar-refractivity contribution is -0.141. The Morgan fingerprint density at radius 2 is 2.26 bits per heavy atom. The van der Waals surface area contributed by atoms with Crippen molar-refractivity contribution in [2.45, 2.75) is 24.9 Å². The van der Waals surface area contributed by atoms with Gasteiger partial charge in [0.15, 0.2) is 0 Å². The van der Waals surface area contributed by atoms with Crippen LogP contribution in [0.1, 0.15) is 24.3 Å². The van der Waals surface area contributed by atoms with Gasteiger partial charge in [0.2, 0.25) is 0 Å². The molecular formula is C15H20O3S. The topological polar surface area (TPSA) is 35.5 Å². The first-order valence-electron chi connectivity index (χ1n) is 6.63. The highest BCUT2D eigenvalue weighted by Gasteiger charge is 2.22. The minimum absolute atomic E-state index is 0.161. The van der Waals surface area contributed by atoms with E-state index in [9.17, 15) is 4.79 Å². The zero-order valence-electron chi connectivity index (χ0n) is 11.2. The summed E-state index contributed by atoms with van der Waals surface area (Å²) in [6.45, 7) is 0.879. The third kappa shape index (κ3) is 4.25. The maximum atomic E-state index is 11.9. The second-order valence-electron chi connectivity index (χ2n) is 4.66. The molecule has 0 aliphatic carbocycles. The van der Waals surface area contributed by atoms with Gasteiger partial charge < -0.3 is 9.47 Å². The highest BCUT2D eigenvalue weighted by Crippen LogP contribution is 2.25. The van der Waals surface area contributed by atoms with Crippen LogP contribution in [0.4, 0.5) is 0 Å². The maximum Gasteiger partial charge on any atom is 0.313 e. The van der Waals surface area contributed by atoms with Crippen LogP contribution in [-0.2, 0) is 14.3 Å². The summed E-state index contributed by atoms with van der Waals surface area (Å²) in [6, 6.07) is 9.83. The molecule has 1 fully saturated rings. The fourth-order valence-electron chi connectivity index (χ4n) is 2.22. The highest BCUT2D eigenvalue weighted by atomic mass is 32.2. The Hall–Kier alpha value is -1.00. The molecule has 1 heterocycles. The van der Waals surface area contributed by atoms with Crippen molar-refractivity contribution in [3.8, 4) is 0 Å². The average molecular weight is 280 g/mol. The number of carbonyl (C=O) groups excluding carboxylic acids is 1. The lowest BCUT2D eigenvalue weighted by Crippen LogP contribution is -2.18. The van der Waals surface area contributed by atoms with Crippen LogP contribution >= 0.6 is 11.8 Å². The third-order valence-corrected chi connectivity index (χ3v) is 4.48. The Balaban J connectivity index is 1.89. The second-order valence-corrected chi connectivity index (χ2v) is 5.73. The first-order chi connectivity index (χ1) is 9.31. The van der Waals surface area contributed by atoms with Gasteiger partial charge in [-0.15, -0.1) is 0 Å². The van der Waals surface area contributed by atoms with E-state index in [4.69, 9.17) is 9.47 Å². The molecule has 1 aliphatic rings. The number of ether oxygens (including phenoxy) is 2. The fraction of sp³-hybridized carbons (Fsp3) is 0.533. The monoisotopic (exact) mass is 280 g/mol. The Morgan fingerprint density at radius 3 is 2.89 bits per heavy atom. The van der Waals surface area contributed by atoms with E-state index >= 15 is 0 Å². The molecule has 2 unspecified atom stereocenters. The van der Waals surface area contributed by atoms with Gasteiger partial charge in [0.05, 0.1) is 19.1 Å². The van der Waals surface area contributed by atoms with Gasteiger partial charge in [-0.2, -0.15) is 11.8 Å². The molecule has 0 N–H and O–H groups in total. The normalized spacial score (nSPS) is 20.2. The van der Waals surface area contributed by atoms with Crippen molar-refractivity contribution < 1.29 is 14.3 Å². The first-order valence-corrected chi connectivity index (χ1v) is 7.79. The van der Waals surface area contributed by atoms with E-state index in [0.29, 0.717) is 6.10 Å². The maximum absolute atomic E-state index is 11.9. The van der Waals surface area contributed by atoms with Gasteiger partial charge >= 0.3 is 5.97 Å². The number of hydrogen-bond donors (Lipinski definition) is 0. The Bertz CT molecular complexity index is 388. The molecule has 0 aromatic heterocycles. The predicted molar refractivity (Wildman–Crippen MR) is 77.5 cm³/mol. The van der Waals surface area contributed by atoms with Crippen molar-refractivity contribution >= 4 is 17.7 Å². The molecule has 0 saturated carbocycles. The van der Waals surface area contributed by atoms with Gasteiger partial charge in [-0.3, -0.25) is 4.79 Å². The Labute approximate surface area is 118 Å². The molecule has 0 spiro atoms. The van der Waals surface area contributed by atoms with Crippen LogP contribution in [0.3, 0.4) is 0 Å². The number of hydrogen-bond acceptors (Lipinski definition) is 4. The minimum Gasteiger partial charge on any atom is -0.469 e. The van der Waals surface area contributed by atoms with E-state index in [2.05, 4.69) is 0 Å². The molecule has 0 amide bonds. The van der Waals surface area contributed by atoms with E-state index in [0.717, 1.165) is 36.5 Å². The van der Waals surface area contributed by atoms with Crippen LogP contribution in [0, 0.1) is 0 Å². The lowest BCUT2D eigenvalue weighted by Gasteiger charge is -2.16. The summed E-state index contributed by atoms with van der Waals surface area (Å²) in [5.74, 6) is 1.36. The number of carbonyl (C=O) groups is 1. The van der Waals surface area contributed by atoms with E-state index in [1.54, 1.807) is 11.8 Å². The number of methoxy groups -OCH3 is 1. The van der Waals surface area contributed by atoms with Crippen molar-refractivity contribution in [2.24, 2.45) is 0 Å². The first kappa shape index (κ1) is 14.4. The number of esters is 1. The summed E-state index contributed by atoms with van der Waals surface area (Å²) in [5.41, 5.74) is 1.02. The van der Waals surface area contributed by atoms with Gasteiger partial charge in [0, 0.05) is 18.1 Å². The number of thioether (sulfide) groups is 1. The SMILES string of the molecule is COC(=O)C(CSCC1CCCO1)c1ccccc1. The van der Waals surface area contributed by atoms with E-state index < -0.39 is 0 Å². The van der Waals surface area contributed by atoms with Crippen molar-refractivity contribution in [3.63, 3.8) is 0 Å². The molecule has 19 heavy (non-hydrogen) atoms. The molecule has 1 aromatic rings. The average Bonchev–Trinajstić information content (AvgIpc) is 2.97. The van der Waals surface area contributed by atoms with Crippen molar-refractivity contribution in [1.29, 1.82) is 0 Å². The van der Waals surface area contributed by atoms with Crippen molar-refractivity contribution in [1.82, 2.24) is 0 Å². The molecule has 1 aromatic carbocycles. The summed E-state index contributed by atoms with van der Waals surface area (Å²) >= 11 is 1.77. The Kier molecular flexibility index (Phi) is 5.73. The molecule has 2 atom stereocenters. The highest BCUT2D eigenvalue weighted by molar-refractivity contribution is 7.99. The summed E-state index contributed by atoms with van der Waals surface area (Å²) in [5, 5.41) is 0. The summed E-state index contributed by atoms with van der Waals surface area (Å²) in [7, 11) is 1.45. The zero-order chi connectivity index (χ0) is 13.5. The predicted octanol–water partition coefficient (Wildman–Crippen LogP) is 2.86. The summed E-state index contributed by atoms with van der Waals surface area (Å²) in [6.07, 6.45) is 2.66.